The number of thioether (sulfide) groups is 1. The Labute approximate surface area is 160 Å². The van der Waals surface area contributed by atoms with Crippen molar-refractivity contribution in [3.63, 3.8) is 0 Å². The first-order valence-electron chi connectivity index (χ1n) is 8.32. The number of nitrogens with zero attached hydrogens (tertiary/aromatic N) is 4. The predicted octanol–water partition coefficient (Wildman–Crippen LogP) is 3.77. The quantitative estimate of drug-likeness (QED) is 0.618. The molecule has 1 N–H and O–H groups in total. The minimum Gasteiger partial charge on any atom is -0.497 e. The Hall–Kier alpha value is -2.13. The monoisotopic (exact) mass is 391 g/mol. The zero-order chi connectivity index (χ0) is 18.7. The van der Waals surface area contributed by atoms with Gasteiger partial charge in [-0.05, 0) is 25.1 Å². The van der Waals surface area contributed by atoms with Crippen LogP contribution in [0.25, 0.3) is 10.2 Å². The molecule has 0 spiro atoms. The number of thiazole rings is 1. The minimum absolute atomic E-state index is 0.113. The van der Waals surface area contributed by atoms with Gasteiger partial charge in [-0.25, -0.2) is 4.98 Å². The van der Waals surface area contributed by atoms with Gasteiger partial charge >= 0.3 is 0 Å². The maximum atomic E-state index is 12.3. The van der Waals surface area contributed by atoms with E-state index < -0.39 is 0 Å². The largest absolute Gasteiger partial charge is 0.497 e. The first kappa shape index (κ1) is 18.7. The molecule has 0 fully saturated rings. The second-order valence-corrected chi connectivity index (χ2v) is 7.90. The number of nitrogens with one attached hydrogen (secondary N) is 1. The Morgan fingerprint density at radius 1 is 1.38 bits per heavy atom. The van der Waals surface area contributed by atoms with E-state index in [0.717, 1.165) is 33.5 Å². The van der Waals surface area contributed by atoms with Crippen LogP contribution in [0.5, 0.6) is 5.75 Å². The standard InChI is InChI=1S/C17H21N5O2S2/c1-5-22-15(10(2)3)20-21-17(22)25-9-14(23)19-16-18-12-7-6-11(24-4)8-13(12)26-16/h6-8,10H,5,9H2,1-4H3,(H,18,19,23). The van der Waals surface area contributed by atoms with E-state index in [9.17, 15) is 4.79 Å². The molecule has 1 amide bonds. The molecule has 3 rings (SSSR count). The lowest BCUT2D eigenvalue weighted by molar-refractivity contribution is -0.113. The van der Waals surface area contributed by atoms with Crippen LogP contribution >= 0.6 is 23.1 Å². The highest BCUT2D eigenvalue weighted by Gasteiger charge is 2.16. The van der Waals surface area contributed by atoms with Crippen LogP contribution in [-0.4, -0.2) is 38.5 Å². The van der Waals surface area contributed by atoms with Gasteiger partial charge in [0.25, 0.3) is 0 Å². The van der Waals surface area contributed by atoms with Gasteiger partial charge in [0.05, 0.1) is 23.1 Å². The molecular formula is C17H21N5O2S2. The fourth-order valence-corrected chi connectivity index (χ4v) is 4.22. The molecule has 1 aromatic carbocycles. The van der Waals surface area contributed by atoms with Crippen LogP contribution in [0.15, 0.2) is 23.4 Å². The number of benzene rings is 1. The van der Waals surface area contributed by atoms with E-state index in [2.05, 4.69) is 41.3 Å². The molecule has 3 aromatic rings. The number of rotatable bonds is 7. The van der Waals surface area contributed by atoms with Crippen LogP contribution in [0, 0.1) is 0 Å². The SMILES string of the molecule is CCn1c(SCC(=O)Nc2nc3ccc(OC)cc3s2)nnc1C(C)C. The Morgan fingerprint density at radius 3 is 2.88 bits per heavy atom. The molecule has 7 nitrogen and oxygen atoms in total. The summed E-state index contributed by atoms with van der Waals surface area (Å²) in [5, 5.41) is 12.6. The number of hydrogen-bond acceptors (Lipinski definition) is 7. The molecule has 0 saturated heterocycles. The van der Waals surface area contributed by atoms with Crippen LogP contribution in [0.1, 0.15) is 32.5 Å². The van der Waals surface area contributed by atoms with Gasteiger partial charge in [-0.2, -0.15) is 0 Å². The van der Waals surface area contributed by atoms with E-state index in [0.29, 0.717) is 11.0 Å². The number of aromatic nitrogens is 4. The topological polar surface area (TPSA) is 81.9 Å². The summed E-state index contributed by atoms with van der Waals surface area (Å²) in [4.78, 5) is 16.7. The summed E-state index contributed by atoms with van der Waals surface area (Å²) < 4.78 is 8.23. The summed E-state index contributed by atoms with van der Waals surface area (Å²) in [5.41, 5.74) is 0.839. The fraction of sp³-hybridized carbons (Fsp3) is 0.412. The van der Waals surface area contributed by atoms with E-state index in [1.54, 1.807) is 7.11 Å². The molecule has 0 aliphatic heterocycles. The van der Waals surface area contributed by atoms with Crippen LogP contribution in [0.2, 0.25) is 0 Å². The van der Waals surface area contributed by atoms with Gasteiger partial charge in [0, 0.05) is 12.5 Å². The molecule has 0 aliphatic carbocycles. The van der Waals surface area contributed by atoms with Crippen molar-refractivity contribution < 1.29 is 9.53 Å². The number of ether oxygens (including phenoxy) is 1. The van der Waals surface area contributed by atoms with Gasteiger partial charge in [-0.3, -0.25) is 4.79 Å². The van der Waals surface area contributed by atoms with E-state index in [1.165, 1.54) is 23.1 Å². The number of methoxy groups -OCH3 is 1. The Kier molecular flexibility index (Phi) is 5.77. The van der Waals surface area contributed by atoms with Crippen molar-refractivity contribution in [1.82, 2.24) is 19.7 Å². The summed E-state index contributed by atoms with van der Waals surface area (Å²) >= 11 is 2.81. The zero-order valence-corrected chi connectivity index (χ0v) is 16.8. The molecule has 0 bridgehead atoms. The molecule has 0 aliphatic rings. The van der Waals surface area contributed by atoms with Crippen molar-refractivity contribution in [2.45, 2.75) is 38.4 Å². The molecule has 26 heavy (non-hydrogen) atoms. The smallest absolute Gasteiger partial charge is 0.236 e. The molecule has 9 heteroatoms. The summed E-state index contributed by atoms with van der Waals surface area (Å²) in [7, 11) is 1.63. The van der Waals surface area contributed by atoms with Crippen molar-refractivity contribution in [2.75, 3.05) is 18.2 Å². The Balaban J connectivity index is 1.64. The minimum atomic E-state index is -0.113. The molecule has 2 heterocycles. The lowest BCUT2D eigenvalue weighted by Crippen LogP contribution is -2.14. The first-order chi connectivity index (χ1) is 12.5. The molecule has 0 atom stereocenters. The normalized spacial score (nSPS) is 11.3. The number of fused-ring (bicyclic) bond motifs is 1. The first-order valence-corrected chi connectivity index (χ1v) is 10.1. The molecule has 0 unspecified atom stereocenters. The average Bonchev–Trinajstić information content (AvgIpc) is 3.21. The summed E-state index contributed by atoms with van der Waals surface area (Å²) in [6, 6.07) is 5.65. The third-order valence-electron chi connectivity index (χ3n) is 3.75. The van der Waals surface area contributed by atoms with Crippen LogP contribution in [0.4, 0.5) is 5.13 Å². The average molecular weight is 392 g/mol. The van der Waals surface area contributed by atoms with Gasteiger partial charge < -0.3 is 14.6 Å². The maximum absolute atomic E-state index is 12.3. The lowest BCUT2D eigenvalue weighted by atomic mass is 10.2. The van der Waals surface area contributed by atoms with Gasteiger partial charge in [-0.15, -0.1) is 10.2 Å². The third kappa shape index (κ3) is 3.99. The Bertz CT molecular complexity index is 919. The van der Waals surface area contributed by atoms with E-state index >= 15 is 0 Å². The predicted molar refractivity (Wildman–Crippen MR) is 105 cm³/mol. The van der Waals surface area contributed by atoms with E-state index in [-0.39, 0.29) is 11.7 Å². The summed E-state index contributed by atoms with van der Waals surface area (Å²) in [6.07, 6.45) is 0. The molecule has 2 aromatic heterocycles. The molecule has 0 radical (unpaired) electrons. The highest BCUT2D eigenvalue weighted by molar-refractivity contribution is 7.99. The van der Waals surface area contributed by atoms with E-state index in [1.807, 2.05) is 22.8 Å². The summed E-state index contributed by atoms with van der Waals surface area (Å²) in [5.74, 6) is 2.16. The maximum Gasteiger partial charge on any atom is 0.236 e. The van der Waals surface area contributed by atoms with Gasteiger partial charge in [0.15, 0.2) is 10.3 Å². The summed E-state index contributed by atoms with van der Waals surface area (Å²) in [6.45, 7) is 7.00. The Morgan fingerprint density at radius 2 is 2.19 bits per heavy atom. The van der Waals surface area contributed by atoms with Crippen LogP contribution in [-0.2, 0) is 11.3 Å². The molecule has 138 valence electrons. The van der Waals surface area contributed by atoms with Crippen LogP contribution in [0.3, 0.4) is 0 Å². The second kappa shape index (κ2) is 8.05. The highest BCUT2D eigenvalue weighted by Crippen LogP contribution is 2.29. The fourth-order valence-electron chi connectivity index (χ4n) is 2.50. The lowest BCUT2D eigenvalue weighted by Gasteiger charge is -2.08. The number of anilines is 1. The van der Waals surface area contributed by atoms with E-state index in [4.69, 9.17) is 4.74 Å². The van der Waals surface area contributed by atoms with Crippen molar-refractivity contribution in [3.8, 4) is 5.75 Å². The van der Waals surface area contributed by atoms with Crippen molar-refractivity contribution >= 4 is 44.4 Å². The van der Waals surface area contributed by atoms with Gasteiger partial charge in [-0.1, -0.05) is 36.9 Å². The second-order valence-electron chi connectivity index (χ2n) is 5.93. The number of carbonyl (C=O) groups excluding carboxylic acids is 1. The number of amides is 1. The van der Waals surface area contributed by atoms with Crippen LogP contribution < -0.4 is 10.1 Å². The molecular weight excluding hydrogens is 370 g/mol. The van der Waals surface area contributed by atoms with Crippen molar-refractivity contribution in [3.05, 3.63) is 24.0 Å². The molecule has 0 saturated carbocycles. The number of hydrogen-bond donors (Lipinski definition) is 1. The van der Waals surface area contributed by atoms with Crippen molar-refractivity contribution in [2.24, 2.45) is 0 Å². The zero-order valence-electron chi connectivity index (χ0n) is 15.1. The van der Waals surface area contributed by atoms with Gasteiger partial charge in [0.2, 0.25) is 5.91 Å². The highest BCUT2D eigenvalue weighted by atomic mass is 32.2. The number of carbonyl (C=O) groups is 1. The third-order valence-corrected chi connectivity index (χ3v) is 5.65. The van der Waals surface area contributed by atoms with Crippen molar-refractivity contribution in [1.29, 1.82) is 0 Å². The van der Waals surface area contributed by atoms with Gasteiger partial charge in [0.1, 0.15) is 11.6 Å².